The third-order valence-electron chi connectivity index (χ3n) is 2.75. The molecule has 1 heterocycles. The normalized spacial score (nSPS) is 11.8. The van der Waals surface area contributed by atoms with Gasteiger partial charge in [0.25, 0.3) is 0 Å². The standard InChI is InChI=1S/C14H15N3O/c1-10-5-2-3-7-12(10)17-13(14(15)18)11-6-4-8-16-9-11/h2-9,13,17H,1H3,(H2,15,18). The minimum absolute atomic E-state index is 0.425. The first-order chi connectivity index (χ1) is 8.68. The van der Waals surface area contributed by atoms with Crippen LogP contribution in [-0.2, 0) is 4.79 Å². The van der Waals surface area contributed by atoms with Crippen LogP contribution in [0.3, 0.4) is 0 Å². The lowest BCUT2D eigenvalue weighted by molar-refractivity contribution is -0.118. The van der Waals surface area contributed by atoms with Gasteiger partial charge in [-0.2, -0.15) is 0 Å². The van der Waals surface area contributed by atoms with E-state index in [4.69, 9.17) is 5.73 Å². The van der Waals surface area contributed by atoms with Crippen molar-refractivity contribution in [3.63, 3.8) is 0 Å². The molecular weight excluding hydrogens is 226 g/mol. The summed E-state index contributed by atoms with van der Waals surface area (Å²) in [7, 11) is 0. The Morgan fingerprint density at radius 1 is 1.28 bits per heavy atom. The third-order valence-corrected chi connectivity index (χ3v) is 2.75. The predicted molar refractivity (Wildman–Crippen MR) is 71.0 cm³/mol. The first kappa shape index (κ1) is 12.1. The molecule has 0 aliphatic rings. The molecule has 0 saturated carbocycles. The van der Waals surface area contributed by atoms with Crippen molar-refractivity contribution in [2.24, 2.45) is 5.73 Å². The Hall–Kier alpha value is -2.36. The second-order valence-corrected chi connectivity index (χ2v) is 4.08. The maximum Gasteiger partial charge on any atom is 0.244 e. The van der Waals surface area contributed by atoms with E-state index in [-0.39, 0.29) is 0 Å². The first-order valence-electron chi connectivity index (χ1n) is 5.70. The molecule has 2 aromatic rings. The van der Waals surface area contributed by atoms with E-state index >= 15 is 0 Å². The van der Waals surface area contributed by atoms with Gasteiger partial charge >= 0.3 is 0 Å². The molecule has 1 amide bonds. The number of nitrogens with zero attached hydrogens (tertiary/aromatic N) is 1. The zero-order chi connectivity index (χ0) is 13.0. The monoisotopic (exact) mass is 241 g/mol. The summed E-state index contributed by atoms with van der Waals surface area (Å²) in [5, 5.41) is 3.15. The molecule has 2 rings (SSSR count). The number of para-hydroxylation sites is 1. The van der Waals surface area contributed by atoms with Crippen LogP contribution in [0, 0.1) is 6.92 Å². The van der Waals surface area contributed by atoms with Gasteiger partial charge in [-0.25, -0.2) is 0 Å². The molecule has 0 aliphatic carbocycles. The van der Waals surface area contributed by atoms with E-state index < -0.39 is 11.9 Å². The number of rotatable bonds is 4. The lowest BCUT2D eigenvalue weighted by Gasteiger charge is -2.18. The van der Waals surface area contributed by atoms with Crippen molar-refractivity contribution in [1.82, 2.24) is 4.98 Å². The fourth-order valence-electron chi connectivity index (χ4n) is 1.76. The Bertz CT molecular complexity index is 540. The summed E-state index contributed by atoms with van der Waals surface area (Å²) < 4.78 is 0. The number of benzene rings is 1. The number of aryl methyl sites for hydroxylation is 1. The number of nitrogens with two attached hydrogens (primary N) is 1. The number of hydrogen-bond acceptors (Lipinski definition) is 3. The second kappa shape index (κ2) is 5.31. The number of amides is 1. The molecule has 18 heavy (non-hydrogen) atoms. The summed E-state index contributed by atoms with van der Waals surface area (Å²) in [6, 6.07) is 10.8. The molecule has 0 radical (unpaired) electrons. The number of primary amides is 1. The largest absolute Gasteiger partial charge is 0.370 e. The Morgan fingerprint density at radius 3 is 2.67 bits per heavy atom. The fraction of sp³-hybridized carbons (Fsp3) is 0.143. The molecule has 3 N–H and O–H groups in total. The van der Waals surface area contributed by atoms with Gasteiger partial charge in [-0.15, -0.1) is 0 Å². The van der Waals surface area contributed by atoms with Gasteiger partial charge in [0.2, 0.25) is 5.91 Å². The molecule has 4 heteroatoms. The van der Waals surface area contributed by atoms with Crippen LogP contribution in [0.5, 0.6) is 0 Å². The average molecular weight is 241 g/mol. The molecule has 0 saturated heterocycles. The zero-order valence-electron chi connectivity index (χ0n) is 10.1. The van der Waals surface area contributed by atoms with Crippen LogP contribution >= 0.6 is 0 Å². The number of pyridine rings is 1. The number of carbonyl (C=O) groups excluding carboxylic acids is 1. The maximum atomic E-state index is 11.5. The van der Waals surface area contributed by atoms with E-state index in [0.717, 1.165) is 16.8 Å². The van der Waals surface area contributed by atoms with Crippen molar-refractivity contribution in [1.29, 1.82) is 0 Å². The molecule has 1 aromatic heterocycles. The lowest BCUT2D eigenvalue weighted by atomic mass is 10.1. The van der Waals surface area contributed by atoms with Gasteiger partial charge in [0.1, 0.15) is 6.04 Å². The minimum atomic E-state index is -0.570. The van der Waals surface area contributed by atoms with Gasteiger partial charge in [-0.1, -0.05) is 24.3 Å². The number of aromatic nitrogens is 1. The first-order valence-corrected chi connectivity index (χ1v) is 5.70. The summed E-state index contributed by atoms with van der Waals surface area (Å²) in [4.78, 5) is 15.6. The van der Waals surface area contributed by atoms with Gasteiger partial charge in [0, 0.05) is 23.6 Å². The van der Waals surface area contributed by atoms with E-state index in [1.54, 1.807) is 18.5 Å². The van der Waals surface area contributed by atoms with E-state index in [2.05, 4.69) is 10.3 Å². The van der Waals surface area contributed by atoms with Crippen molar-refractivity contribution in [2.75, 3.05) is 5.32 Å². The number of nitrogens with one attached hydrogen (secondary N) is 1. The van der Waals surface area contributed by atoms with Crippen molar-refractivity contribution < 1.29 is 4.79 Å². The Labute approximate surface area is 106 Å². The number of carbonyl (C=O) groups is 1. The molecule has 0 fully saturated rings. The van der Waals surface area contributed by atoms with Crippen molar-refractivity contribution in [3.05, 3.63) is 59.9 Å². The zero-order valence-corrected chi connectivity index (χ0v) is 10.1. The summed E-state index contributed by atoms with van der Waals surface area (Å²) >= 11 is 0. The molecule has 4 nitrogen and oxygen atoms in total. The molecule has 0 aliphatic heterocycles. The Kier molecular flexibility index (Phi) is 3.57. The summed E-state index contributed by atoms with van der Waals surface area (Å²) in [5.74, 6) is -0.425. The van der Waals surface area contributed by atoms with E-state index in [0.29, 0.717) is 0 Å². The quantitative estimate of drug-likeness (QED) is 0.860. The highest BCUT2D eigenvalue weighted by molar-refractivity contribution is 5.84. The van der Waals surface area contributed by atoms with Gasteiger partial charge < -0.3 is 11.1 Å². The highest BCUT2D eigenvalue weighted by Crippen LogP contribution is 2.21. The van der Waals surface area contributed by atoms with Crippen LogP contribution in [0.2, 0.25) is 0 Å². The molecule has 0 spiro atoms. The second-order valence-electron chi connectivity index (χ2n) is 4.08. The van der Waals surface area contributed by atoms with Crippen LogP contribution in [0.15, 0.2) is 48.8 Å². The lowest BCUT2D eigenvalue weighted by Crippen LogP contribution is -2.28. The van der Waals surface area contributed by atoms with Gasteiger partial charge in [-0.3, -0.25) is 9.78 Å². The van der Waals surface area contributed by atoms with E-state index in [1.165, 1.54) is 0 Å². The minimum Gasteiger partial charge on any atom is -0.370 e. The Morgan fingerprint density at radius 2 is 2.06 bits per heavy atom. The molecular formula is C14H15N3O. The summed E-state index contributed by atoms with van der Waals surface area (Å²) in [5.41, 5.74) is 8.15. The summed E-state index contributed by atoms with van der Waals surface area (Å²) in [6.07, 6.45) is 3.30. The van der Waals surface area contributed by atoms with Crippen LogP contribution < -0.4 is 11.1 Å². The van der Waals surface area contributed by atoms with Crippen LogP contribution in [-0.4, -0.2) is 10.9 Å². The highest BCUT2D eigenvalue weighted by atomic mass is 16.1. The molecule has 1 unspecified atom stereocenters. The van der Waals surface area contributed by atoms with Crippen LogP contribution in [0.4, 0.5) is 5.69 Å². The van der Waals surface area contributed by atoms with Crippen LogP contribution in [0.1, 0.15) is 17.2 Å². The number of hydrogen-bond donors (Lipinski definition) is 2. The third kappa shape index (κ3) is 2.66. The molecule has 0 bridgehead atoms. The Balaban J connectivity index is 2.28. The average Bonchev–Trinajstić information content (AvgIpc) is 2.38. The molecule has 92 valence electrons. The highest BCUT2D eigenvalue weighted by Gasteiger charge is 2.18. The van der Waals surface area contributed by atoms with E-state index in [9.17, 15) is 4.79 Å². The van der Waals surface area contributed by atoms with Gasteiger partial charge in [-0.05, 0) is 24.6 Å². The molecule has 1 aromatic carbocycles. The van der Waals surface area contributed by atoms with Gasteiger partial charge in [0.05, 0.1) is 0 Å². The van der Waals surface area contributed by atoms with Crippen molar-refractivity contribution in [3.8, 4) is 0 Å². The van der Waals surface area contributed by atoms with Crippen molar-refractivity contribution >= 4 is 11.6 Å². The SMILES string of the molecule is Cc1ccccc1NC(C(N)=O)c1cccnc1. The fourth-order valence-corrected chi connectivity index (χ4v) is 1.76. The predicted octanol–water partition coefficient (Wildman–Crippen LogP) is 2.03. The molecule has 1 atom stereocenters. The van der Waals surface area contributed by atoms with Crippen LogP contribution in [0.25, 0.3) is 0 Å². The topological polar surface area (TPSA) is 68.0 Å². The van der Waals surface area contributed by atoms with E-state index in [1.807, 2.05) is 37.3 Å². The smallest absolute Gasteiger partial charge is 0.244 e. The van der Waals surface area contributed by atoms with Crippen molar-refractivity contribution in [2.45, 2.75) is 13.0 Å². The number of anilines is 1. The maximum absolute atomic E-state index is 11.5. The summed E-state index contributed by atoms with van der Waals surface area (Å²) in [6.45, 7) is 1.98. The van der Waals surface area contributed by atoms with Gasteiger partial charge in [0.15, 0.2) is 0 Å².